The minimum absolute atomic E-state index is 0.0371. The molecule has 108 valence electrons. The molecular weight excluding hydrogens is 310 g/mol. The molecule has 0 amide bonds. The lowest BCUT2D eigenvalue weighted by Gasteiger charge is -2.21. The molecular formula is C14H22BrNO3. The summed E-state index contributed by atoms with van der Waals surface area (Å²) >= 11 is 3.25. The van der Waals surface area contributed by atoms with Crippen molar-refractivity contribution in [1.29, 1.82) is 0 Å². The van der Waals surface area contributed by atoms with Crippen LogP contribution in [-0.4, -0.2) is 23.4 Å². The lowest BCUT2D eigenvalue weighted by atomic mass is 9.96. The first-order valence-electron chi connectivity index (χ1n) is 6.36. The van der Waals surface area contributed by atoms with Crippen LogP contribution in [0.5, 0.6) is 11.5 Å². The van der Waals surface area contributed by atoms with Crippen LogP contribution in [0, 0.1) is 5.92 Å². The van der Waals surface area contributed by atoms with Gasteiger partial charge >= 0.3 is 0 Å². The number of ether oxygens (including phenoxy) is 1. The summed E-state index contributed by atoms with van der Waals surface area (Å²) in [5.41, 5.74) is 6.79. The van der Waals surface area contributed by atoms with Crippen molar-refractivity contribution in [3.8, 4) is 11.5 Å². The number of hydrogen-bond donors (Lipinski definition) is 3. The SMILES string of the molecule is COc1cc([C@H](N)[C@H](O)CCC(C)C)cc(Br)c1O. The van der Waals surface area contributed by atoms with Gasteiger partial charge in [0.05, 0.1) is 23.7 Å². The third kappa shape index (κ3) is 4.37. The highest BCUT2D eigenvalue weighted by Crippen LogP contribution is 2.37. The van der Waals surface area contributed by atoms with E-state index in [2.05, 4.69) is 29.8 Å². The fourth-order valence-corrected chi connectivity index (χ4v) is 2.31. The van der Waals surface area contributed by atoms with Crippen molar-refractivity contribution in [2.45, 2.75) is 38.8 Å². The van der Waals surface area contributed by atoms with E-state index >= 15 is 0 Å². The van der Waals surface area contributed by atoms with Gasteiger partial charge in [0, 0.05) is 0 Å². The number of hydrogen-bond acceptors (Lipinski definition) is 4. The van der Waals surface area contributed by atoms with Crippen LogP contribution in [-0.2, 0) is 0 Å². The lowest BCUT2D eigenvalue weighted by Crippen LogP contribution is -2.26. The molecule has 0 bridgehead atoms. The Morgan fingerprint density at radius 3 is 2.47 bits per heavy atom. The Kier molecular flexibility index (Phi) is 6.10. The normalized spacial score (nSPS) is 14.5. The monoisotopic (exact) mass is 331 g/mol. The van der Waals surface area contributed by atoms with Gasteiger partial charge in [-0.2, -0.15) is 0 Å². The number of nitrogens with two attached hydrogens (primary N) is 1. The number of aliphatic hydroxyl groups excluding tert-OH is 1. The van der Waals surface area contributed by atoms with Crippen molar-refractivity contribution >= 4 is 15.9 Å². The lowest BCUT2D eigenvalue weighted by molar-refractivity contribution is 0.128. The summed E-state index contributed by atoms with van der Waals surface area (Å²) in [5, 5.41) is 19.8. The molecule has 0 aliphatic heterocycles. The first-order chi connectivity index (χ1) is 8.86. The van der Waals surface area contributed by atoms with E-state index in [4.69, 9.17) is 10.5 Å². The predicted molar refractivity (Wildman–Crippen MR) is 79.4 cm³/mol. The fourth-order valence-electron chi connectivity index (χ4n) is 1.85. The summed E-state index contributed by atoms with van der Waals surface area (Å²) in [6.07, 6.45) is 0.966. The maximum atomic E-state index is 10.1. The summed E-state index contributed by atoms with van der Waals surface area (Å²) in [4.78, 5) is 0. The maximum absolute atomic E-state index is 10.1. The average Bonchev–Trinajstić information content (AvgIpc) is 2.37. The number of phenolic OH excluding ortho intramolecular Hbond substituents is 1. The molecule has 2 atom stereocenters. The second-order valence-electron chi connectivity index (χ2n) is 5.12. The molecule has 0 spiro atoms. The molecule has 4 nitrogen and oxygen atoms in total. The van der Waals surface area contributed by atoms with Gasteiger partial charge in [-0.3, -0.25) is 0 Å². The minimum atomic E-state index is -0.608. The molecule has 0 saturated heterocycles. The van der Waals surface area contributed by atoms with E-state index < -0.39 is 12.1 Å². The molecule has 0 saturated carbocycles. The summed E-state index contributed by atoms with van der Waals surface area (Å²) in [5.74, 6) is 0.911. The van der Waals surface area contributed by atoms with Crippen LogP contribution >= 0.6 is 15.9 Å². The van der Waals surface area contributed by atoms with Gasteiger partial charge in [0.1, 0.15) is 0 Å². The number of rotatable bonds is 6. The highest BCUT2D eigenvalue weighted by atomic mass is 79.9. The number of methoxy groups -OCH3 is 1. The third-order valence-corrected chi connectivity index (χ3v) is 3.71. The molecule has 1 rings (SSSR count). The fraction of sp³-hybridized carbons (Fsp3) is 0.571. The average molecular weight is 332 g/mol. The zero-order valence-electron chi connectivity index (χ0n) is 11.6. The number of benzene rings is 1. The number of halogens is 1. The van der Waals surface area contributed by atoms with Crippen molar-refractivity contribution in [2.24, 2.45) is 11.7 Å². The number of phenols is 1. The van der Waals surface area contributed by atoms with E-state index in [9.17, 15) is 10.2 Å². The second kappa shape index (κ2) is 7.12. The van der Waals surface area contributed by atoms with E-state index in [-0.39, 0.29) is 5.75 Å². The molecule has 0 radical (unpaired) electrons. The van der Waals surface area contributed by atoms with Gasteiger partial charge < -0.3 is 20.7 Å². The summed E-state index contributed by atoms with van der Waals surface area (Å²) in [7, 11) is 1.48. The van der Waals surface area contributed by atoms with Crippen molar-refractivity contribution in [1.82, 2.24) is 0 Å². The Hall–Kier alpha value is -0.780. The van der Waals surface area contributed by atoms with Crippen molar-refractivity contribution in [3.05, 3.63) is 22.2 Å². The smallest absolute Gasteiger partial charge is 0.172 e. The standard InChI is InChI=1S/C14H22BrNO3/c1-8(2)4-5-11(17)13(16)9-6-10(15)14(18)12(7-9)19-3/h6-8,11,13,17-18H,4-5,16H2,1-3H3/t11-,13+/m1/s1. The van der Waals surface area contributed by atoms with E-state index in [0.717, 1.165) is 12.0 Å². The molecule has 19 heavy (non-hydrogen) atoms. The first-order valence-corrected chi connectivity index (χ1v) is 7.16. The minimum Gasteiger partial charge on any atom is -0.503 e. The van der Waals surface area contributed by atoms with Crippen molar-refractivity contribution in [2.75, 3.05) is 7.11 Å². The highest BCUT2D eigenvalue weighted by Gasteiger charge is 2.20. The van der Waals surface area contributed by atoms with E-state index in [1.165, 1.54) is 7.11 Å². The summed E-state index contributed by atoms with van der Waals surface area (Å²) in [6.45, 7) is 4.22. The van der Waals surface area contributed by atoms with Crippen LogP contribution in [0.2, 0.25) is 0 Å². The van der Waals surface area contributed by atoms with Crippen LogP contribution in [0.3, 0.4) is 0 Å². The van der Waals surface area contributed by atoms with Gasteiger partial charge in [0.2, 0.25) is 0 Å². The van der Waals surface area contributed by atoms with Gasteiger partial charge in [0.25, 0.3) is 0 Å². The molecule has 1 aromatic rings. The predicted octanol–water partition coefficient (Wildman–Crippen LogP) is 2.96. The maximum Gasteiger partial charge on any atom is 0.172 e. The Bertz CT molecular complexity index is 423. The Morgan fingerprint density at radius 2 is 1.95 bits per heavy atom. The molecule has 0 heterocycles. The van der Waals surface area contributed by atoms with Crippen molar-refractivity contribution in [3.63, 3.8) is 0 Å². The quantitative estimate of drug-likeness (QED) is 0.749. The zero-order chi connectivity index (χ0) is 14.6. The highest BCUT2D eigenvalue weighted by molar-refractivity contribution is 9.10. The molecule has 0 unspecified atom stereocenters. The van der Waals surface area contributed by atoms with Gasteiger partial charge in [0.15, 0.2) is 11.5 Å². The largest absolute Gasteiger partial charge is 0.503 e. The van der Waals surface area contributed by atoms with Crippen LogP contribution in [0.25, 0.3) is 0 Å². The van der Waals surface area contributed by atoms with Crippen LogP contribution in [0.15, 0.2) is 16.6 Å². The molecule has 5 heteroatoms. The molecule has 1 aromatic carbocycles. The summed E-state index contributed by atoms with van der Waals surface area (Å²) in [6, 6.07) is 2.87. The van der Waals surface area contributed by atoms with Gasteiger partial charge in [-0.25, -0.2) is 0 Å². The number of aromatic hydroxyl groups is 1. The third-order valence-electron chi connectivity index (χ3n) is 3.11. The van der Waals surface area contributed by atoms with Gasteiger partial charge in [-0.05, 0) is 52.4 Å². The second-order valence-corrected chi connectivity index (χ2v) is 5.97. The Balaban J connectivity index is 2.87. The number of aliphatic hydroxyl groups is 1. The van der Waals surface area contributed by atoms with Crippen LogP contribution < -0.4 is 10.5 Å². The van der Waals surface area contributed by atoms with Crippen LogP contribution in [0.1, 0.15) is 38.3 Å². The summed E-state index contributed by atoms with van der Waals surface area (Å²) < 4.78 is 5.59. The van der Waals surface area contributed by atoms with Gasteiger partial charge in [-0.1, -0.05) is 13.8 Å². The molecule has 4 N–H and O–H groups in total. The molecule has 0 aliphatic rings. The van der Waals surface area contributed by atoms with E-state index in [0.29, 0.717) is 22.6 Å². The zero-order valence-corrected chi connectivity index (χ0v) is 13.1. The van der Waals surface area contributed by atoms with E-state index in [1.807, 2.05) is 0 Å². The molecule has 0 aliphatic carbocycles. The first kappa shape index (κ1) is 16.3. The topological polar surface area (TPSA) is 75.7 Å². The molecule has 0 aromatic heterocycles. The van der Waals surface area contributed by atoms with E-state index in [1.54, 1.807) is 12.1 Å². The van der Waals surface area contributed by atoms with Gasteiger partial charge in [-0.15, -0.1) is 0 Å². The molecule has 0 fully saturated rings. The van der Waals surface area contributed by atoms with Crippen LogP contribution in [0.4, 0.5) is 0 Å². The van der Waals surface area contributed by atoms with Crippen molar-refractivity contribution < 1.29 is 14.9 Å². The Morgan fingerprint density at radius 1 is 1.32 bits per heavy atom. The Labute approximate surface area is 122 Å².